The van der Waals surface area contributed by atoms with Gasteiger partial charge in [0.1, 0.15) is 6.61 Å². The number of carboxylic acid groups (broad SMARTS) is 2. The quantitative estimate of drug-likeness (QED) is 0.231. The number of rotatable bonds is 18. The highest BCUT2D eigenvalue weighted by Gasteiger charge is 2.16. The Balaban J connectivity index is 3.71. The molecule has 9 heteroatoms. The van der Waals surface area contributed by atoms with Crippen LogP contribution in [0.2, 0.25) is 0 Å². The SMILES string of the molecule is O=C(O)CCCCCCCCC(=O)OCC(CO)OC(=O)CCCCC(=O)O. The van der Waals surface area contributed by atoms with E-state index in [0.717, 1.165) is 25.7 Å². The van der Waals surface area contributed by atoms with Crippen molar-refractivity contribution in [3.63, 3.8) is 0 Å². The molecule has 0 bridgehead atoms. The summed E-state index contributed by atoms with van der Waals surface area (Å²) in [6, 6.07) is 0. The van der Waals surface area contributed by atoms with Gasteiger partial charge in [-0.15, -0.1) is 0 Å². The predicted octanol–water partition coefficient (Wildman–Crippen LogP) is 2.28. The first-order chi connectivity index (χ1) is 13.3. The summed E-state index contributed by atoms with van der Waals surface area (Å²) in [4.78, 5) is 44.0. The summed E-state index contributed by atoms with van der Waals surface area (Å²) >= 11 is 0. The van der Waals surface area contributed by atoms with Gasteiger partial charge in [0.2, 0.25) is 0 Å². The molecule has 9 nitrogen and oxygen atoms in total. The van der Waals surface area contributed by atoms with Crippen LogP contribution in [0.15, 0.2) is 0 Å². The van der Waals surface area contributed by atoms with Crippen LogP contribution in [0.5, 0.6) is 0 Å². The van der Waals surface area contributed by atoms with Gasteiger partial charge < -0.3 is 24.8 Å². The van der Waals surface area contributed by atoms with Crippen molar-refractivity contribution in [3.8, 4) is 0 Å². The van der Waals surface area contributed by atoms with Crippen LogP contribution in [0.1, 0.15) is 77.0 Å². The molecule has 0 aromatic carbocycles. The summed E-state index contributed by atoms with van der Waals surface area (Å²) in [5.41, 5.74) is 0. The van der Waals surface area contributed by atoms with Crippen molar-refractivity contribution >= 4 is 23.9 Å². The second-order valence-electron chi connectivity index (χ2n) is 6.59. The highest BCUT2D eigenvalue weighted by Crippen LogP contribution is 2.09. The first-order valence-electron chi connectivity index (χ1n) is 9.74. The van der Waals surface area contributed by atoms with Crippen LogP contribution in [0.3, 0.4) is 0 Å². The van der Waals surface area contributed by atoms with Gasteiger partial charge in [0, 0.05) is 25.7 Å². The summed E-state index contributed by atoms with van der Waals surface area (Å²) < 4.78 is 10.0. The lowest BCUT2D eigenvalue weighted by Gasteiger charge is -2.15. The van der Waals surface area contributed by atoms with Gasteiger partial charge in [0.25, 0.3) is 0 Å². The van der Waals surface area contributed by atoms with Crippen LogP contribution in [0.4, 0.5) is 0 Å². The third-order valence-electron chi connectivity index (χ3n) is 3.98. The van der Waals surface area contributed by atoms with Crippen molar-refractivity contribution in [1.82, 2.24) is 0 Å². The Kier molecular flexibility index (Phi) is 15.7. The fraction of sp³-hybridized carbons (Fsp3) is 0.789. The number of hydrogen-bond acceptors (Lipinski definition) is 7. The van der Waals surface area contributed by atoms with Crippen molar-refractivity contribution in [2.75, 3.05) is 13.2 Å². The standard InChI is InChI=1S/C19H32O9/c20-13-15(28-19(26)12-8-7-10-17(23)24)14-27-18(25)11-6-4-2-1-3-5-9-16(21)22/h15,20H,1-14H2,(H,21,22)(H,23,24). The largest absolute Gasteiger partial charge is 0.481 e. The van der Waals surface area contributed by atoms with Crippen LogP contribution < -0.4 is 0 Å². The van der Waals surface area contributed by atoms with Crippen molar-refractivity contribution in [3.05, 3.63) is 0 Å². The maximum Gasteiger partial charge on any atom is 0.306 e. The Bertz CT molecular complexity index is 476. The second kappa shape index (κ2) is 17.0. The van der Waals surface area contributed by atoms with Gasteiger partial charge in [0.05, 0.1) is 6.61 Å². The van der Waals surface area contributed by atoms with E-state index < -0.39 is 36.6 Å². The molecule has 0 aromatic rings. The number of esters is 2. The molecule has 0 aliphatic heterocycles. The number of unbranched alkanes of at least 4 members (excludes halogenated alkanes) is 6. The minimum Gasteiger partial charge on any atom is -0.481 e. The molecule has 0 heterocycles. The molecular formula is C19H32O9. The monoisotopic (exact) mass is 404 g/mol. The van der Waals surface area contributed by atoms with Crippen LogP contribution in [0, 0.1) is 0 Å². The normalized spacial score (nSPS) is 11.6. The van der Waals surface area contributed by atoms with Gasteiger partial charge in [0.15, 0.2) is 6.10 Å². The van der Waals surface area contributed by atoms with E-state index in [4.69, 9.17) is 19.7 Å². The number of aliphatic hydroxyl groups excluding tert-OH is 1. The molecule has 0 saturated heterocycles. The maximum absolute atomic E-state index is 11.7. The average molecular weight is 404 g/mol. The van der Waals surface area contributed by atoms with E-state index in [1.807, 2.05) is 0 Å². The van der Waals surface area contributed by atoms with Crippen LogP contribution in [-0.4, -0.2) is 58.5 Å². The highest BCUT2D eigenvalue weighted by molar-refractivity contribution is 5.70. The van der Waals surface area contributed by atoms with E-state index in [0.29, 0.717) is 25.7 Å². The van der Waals surface area contributed by atoms with Crippen LogP contribution >= 0.6 is 0 Å². The van der Waals surface area contributed by atoms with E-state index in [1.54, 1.807) is 0 Å². The smallest absolute Gasteiger partial charge is 0.306 e. The molecular weight excluding hydrogens is 372 g/mol. The molecule has 0 amide bonds. The molecule has 0 aliphatic carbocycles. The van der Waals surface area contributed by atoms with E-state index >= 15 is 0 Å². The van der Waals surface area contributed by atoms with Crippen molar-refractivity contribution in [1.29, 1.82) is 0 Å². The van der Waals surface area contributed by atoms with Crippen LogP contribution in [-0.2, 0) is 28.7 Å². The molecule has 28 heavy (non-hydrogen) atoms. The number of aliphatic carboxylic acids is 2. The molecule has 1 unspecified atom stereocenters. The summed E-state index contributed by atoms with van der Waals surface area (Å²) in [5, 5.41) is 26.2. The third-order valence-corrected chi connectivity index (χ3v) is 3.98. The van der Waals surface area contributed by atoms with Gasteiger partial charge in [-0.05, 0) is 25.7 Å². The zero-order chi connectivity index (χ0) is 21.2. The molecule has 3 N–H and O–H groups in total. The molecule has 0 aliphatic rings. The number of aliphatic hydroxyl groups is 1. The van der Waals surface area contributed by atoms with Gasteiger partial charge >= 0.3 is 23.9 Å². The molecule has 0 aromatic heterocycles. The Morgan fingerprint density at radius 1 is 0.643 bits per heavy atom. The average Bonchev–Trinajstić information content (AvgIpc) is 2.63. The van der Waals surface area contributed by atoms with Gasteiger partial charge in [-0.2, -0.15) is 0 Å². The van der Waals surface area contributed by atoms with Crippen molar-refractivity contribution in [2.45, 2.75) is 83.2 Å². The fourth-order valence-electron chi connectivity index (χ4n) is 2.43. The lowest BCUT2D eigenvalue weighted by Crippen LogP contribution is -2.28. The van der Waals surface area contributed by atoms with E-state index in [9.17, 15) is 24.3 Å². The first-order valence-corrected chi connectivity index (χ1v) is 9.74. The van der Waals surface area contributed by atoms with Gasteiger partial charge in [-0.1, -0.05) is 25.7 Å². The molecule has 1 atom stereocenters. The number of hydrogen-bond donors (Lipinski definition) is 3. The number of ether oxygens (including phenoxy) is 2. The zero-order valence-corrected chi connectivity index (χ0v) is 16.3. The molecule has 0 spiro atoms. The minimum absolute atomic E-state index is 0.0172. The van der Waals surface area contributed by atoms with Crippen LogP contribution in [0.25, 0.3) is 0 Å². The predicted molar refractivity (Wildman–Crippen MR) is 98.6 cm³/mol. The summed E-state index contributed by atoms with van der Waals surface area (Å²) in [6.45, 7) is -0.685. The Hall–Kier alpha value is -2.16. The second-order valence-corrected chi connectivity index (χ2v) is 6.59. The minimum atomic E-state index is -0.926. The fourth-order valence-corrected chi connectivity index (χ4v) is 2.43. The summed E-state index contributed by atoms with van der Waals surface area (Å²) in [5.74, 6) is -2.70. The number of carbonyl (C=O) groups excluding carboxylic acids is 2. The molecule has 162 valence electrons. The topological polar surface area (TPSA) is 147 Å². The van der Waals surface area contributed by atoms with Crippen molar-refractivity contribution in [2.24, 2.45) is 0 Å². The summed E-state index contributed by atoms with van der Waals surface area (Å²) in [7, 11) is 0. The molecule has 0 saturated carbocycles. The first kappa shape index (κ1) is 25.8. The lowest BCUT2D eigenvalue weighted by atomic mass is 10.1. The molecule has 0 radical (unpaired) electrons. The third kappa shape index (κ3) is 17.3. The zero-order valence-electron chi connectivity index (χ0n) is 16.3. The number of carbonyl (C=O) groups is 4. The number of carboxylic acids is 2. The molecule has 0 rings (SSSR count). The van der Waals surface area contributed by atoms with Gasteiger partial charge in [-0.3, -0.25) is 19.2 Å². The Morgan fingerprint density at radius 2 is 1.07 bits per heavy atom. The molecule has 0 fully saturated rings. The van der Waals surface area contributed by atoms with Crippen molar-refractivity contribution < 1.29 is 44.0 Å². The Labute approximate surface area is 165 Å². The van der Waals surface area contributed by atoms with E-state index in [1.165, 1.54) is 0 Å². The van der Waals surface area contributed by atoms with Gasteiger partial charge in [-0.25, -0.2) is 0 Å². The summed E-state index contributed by atoms with van der Waals surface area (Å²) in [6.07, 6.45) is 5.13. The Morgan fingerprint density at radius 3 is 1.61 bits per heavy atom. The maximum atomic E-state index is 11.7. The highest BCUT2D eigenvalue weighted by atomic mass is 16.6. The van der Waals surface area contributed by atoms with E-state index in [-0.39, 0.29) is 32.3 Å². The van der Waals surface area contributed by atoms with E-state index in [2.05, 4.69) is 0 Å². The lowest BCUT2D eigenvalue weighted by molar-refractivity contribution is -0.161.